The molecule has 0 bridgehead atoms. The standard InChI is InChI=1S/C19H18ClN3OS/c1-13-7-3-6-10-17(13)23-12-11-21-19(23)25-14(2)18(24)22-16-9-5-4-8-15(16)20/h3-12,14H,1-2H3,(H,22,24). The first kappa shape index (κ1) is 17.6. The molecule has 0 aliphatic carbocycles. The summed E-state index contributed by atoms with van der Waals surface area (Å²) in [6.07, 6.45) is 3.65. The number of nitrogens with one attached hydrogen (secondary N) is 1. The molecule has 0 saturated heterocycles. The van der Waals surface area contributed by atoms with E-state index in [1.807, 2.05) is 48.0 Å². The van der Waals surface area contributed by atoms with Gasteiger partial charge < -0.3 is 5.32 Å². The van der Waals surface area contributed by atoms with Crippen LogP contribution < -0.4 is 5.32 Å². The Morgan fingerprint density at radius 3 is 2.68 bits per heavy atom. The maximum atomic E-state index is 12.5. The predicted molar refractivity (Wildman–Crippen MR) is 104 cm³/mol. The van der Waals surface area contributed by atoms with Crippen LogP contribution in [0.5, 0.6) is 0 Å². The highest BCUT2D eigenvalue weighted by atomic mass is 35.5. The fourth-order valence-corrected chi connectivity index (χ4v) is 3.46. The largest absolute Gasteiger partial charge is 0.324 e. The Morgan fingerprint density at radius 2 is 1.92 bits per heavy atom. The van der Waals surface area contributed by atoms with Gasteiger partial charge in [0.1, 0.15) is 0 Å². The first-order valence-electron chi connectivity index (χ1n) is 7.87. The van der Waals surface area contributed by atoms with Crippen molar-refractivity contribution in [3.8, 4) is 5.69 Å². The van der Waals surface area contributed by atoms with Crippen LogP contribution in [0.4, 0.5) is 5.69 Å². The normalized spacial score (nSPS) is 12.0. The summed E-state index contributed by atoms with van der Waals surface area (Å²) in [6.45, 7) is 3.91. The molecule has 0 radical (unpaired) electrons. The number of carbonyl (C=O) groups excluding carboxylic acids is 1. The summed E-state index contributed by atoms with van der Waals surface area (Å²) in [7, 11) is 0. The van der Waals surface area contributed by atoms with Gasteiger partial charge in [-0.05, 0) is 37.6 Å². The van der Waals surface area contributed by atoms with Crippen molar-refractivity contribution in [2.45, 2.75) is 24.3 Å². The van der Waals surface area contributed by atoms with Crippen molar-refractivity contribution in [1.29, 1.82) is 0 Å². The number of hydrogen-bond donors (Lipinski definition) is 1. The van der Waals surface area contributed by atoms with E-state index >= 15 is 0 Å². The lowest BCUT2D eigenvalue weighted by molar-refractivity contribution is -0.115. The van der Waals surface area contributed by atoms with E-state index in [-0.39, 0.29) is 11.2 Å². The molecule has 1 aromatic heterocycles. The van der Waals surface area contributed by atoms with Gasteiger partial charge in [-0.3, -0.25) is 9.36 Å². The molecule has 3 rings (SSSR count). The van der Waals surface area contributed by atoms with Crippen LogP contribution in [0.1, 0.15) is 12.5 Å². The highest BCUT2D eigenvalue weighted by Gasteiger charge is 2.19. The maximum Gasteiger partial charge on any atom is 0.237 e. The first-order chi connectivity index (χ1) is 12.1. The van der Waals surface area contributed by atoms with Crippen LogP contribution >= 0.6 is 23.4 Å². The molecule has 1 unspecified atom stereocenters. The van der Waals surface area contributed by atoms with Crippen molar-refractivity contribution in [3.63, 3.8) is 0 Å². The van der Waals surface area contributed by atoms with E-state index in [4.69, 9.17) is 11.6 Å². The van der Waals surface area contributed by atoms with Gasteiger partial charge in [0.05, 0.1) is 21.6 Å². The summed E-state index contributed by atoms with van der Waals surface area (Å²) < 4.78 is 2.00. The number of thioether (sulfide) groups is 1. The van der Waals surface area contributed by atoms with E-state index in [0.717, 1.165) is 16.4 Å². The second kappa shape index (κ2) is 7.76. The number of amides is 1. The van der Waals surface area contributed by atoms with Crippen LogP contribution in [-0.4, -0.2) is 20.7 Å². The lowest BCUT2D eigenvalue weighted by Gasteiger charge is -2.14. The van der Waals surface area contributed by atoms with Gasteiger partial charge in [0.2, 0.25) is 5.91 Å². The fourth-order valence-electron chi connectivity index (χ4n) is 2.40. The zero-order valence-corrected chi connectivity index (χ0v) is 15.5. The first-order valence-corrected chi connectivity index (χ1v) is 9.13. The molecular weight excluding hydrogens is 354 g/mol. The summed E-state index contributed by atoms with van der Waals surface area (Å²) in [6, 6.07) is 15.3. The van der Waals surface area contributed by atoms with Crippen LogP contribution in [0.15, 0.2) is 66.1 Å². The topological polar surface area (TPSA) is 46.9 Å². The van der Waals surface area contributed by atoms with Gasteiger partial charge in [0.25, 0.3) is 0 Å². The van der Waals surface area contributed by atoms with Crippen molar-refractivity contribution in [3.05, 3.63) is 71.5 Å². The van der Waals surface area contributed by atoms with Crippen molar-refractivity contribution < 1.29 is 4.79 Å². The molecular formula is C19H18ClN3OS. The van der Waals surface area contributed by atoms with Crippen LogP contribution in [0, 0.1) is 6.92 Å². The average molecular weight is 372 g/mol. The average Bonchev–Trinajstić information content (AvgIpc) is 3.05. The number of para-hydroxylation sites is 2. The van der Waals surface area contributed by atoms with Gasteiger partial charge in [0, 0.05) is 12.4 Å². The van der Waals surface area contributed by atoms with Crippen molar-refractivity contribution in [2.75, 3.05) is 5.32 Å². The summed E-state index contributed by atoms with van der Waals surface area (Å²) in [5.74, 6) is -0.113. The molecule has 0 aliphatic heterocycles. The Kier molecular flexibility index (Phi) is 5.46. The predicted octanol–water partition coefficient (Wildman–Crippen LogP) is 4.95. The number of anilines is 1. The molecule has 0 aliphatic rings. The zero-order chi connectivity index (χ0) is 17.8. The third-order valence-electron chi connectivity index (χ3n) is 3.76. The smallest absolute Gasteiger partial charge is 0.237 e. The highest BCUT2D eigenvalue weighted by Crippen LogP contribution is 2.27. The number of benzene rings is 2. The number of halogens is 1. The van der Waals surface area contributed by atoms with Crippen LogP contribution in [0.3, 0.4) is 0 Å². The summed E-state index contributed by atoms with van der Waals surface area (Å²) in [5.41, 5.74) is 2.82. The second-order valence-electron chi connectivity index (χ2n) is 5.60. The Labute approximate surface area is 156 Å². The molecule has 0 fully saturated rings. The Morgan fingerprint density at radius 1 is 1.20 bits per heavy atom. The summed E-state index contributed by atoms with van der Waals surface area (Å²) in [4.78, 5) is 16.9. The maximum absolute atomic E-state index is 12.5. The number of imidazole rings is 1. The van der Waals surface area contributed by atoms with Crippen molar-refractivity contribution in [2.24, 2.45) is 0 Å². The molecule has 6 heteroatoms. The van der Waals surface area contributed by atoms with Crippen LogP contribution in [-0.2, 0) is 4.79 Å². The van der Waals surface area contributed by atoms with Gasteiger partial charge in [0.15, 0.2) is 5.16 Å². The van der Waals surface area contributed by atoms with Crippen molar-refractivity contribution >= 4 is 35.0 Å². The SMILES string of the molecule is Cc1ccccc1-n1ccnc1SC(C)C(=O)Nc1ccccc1Cl. The van der Waals surface area contributed by atoms with Gasteiger partial charge in [-0.1, -0.05) is 53.7 Å². The van der Waals surface area contributed by atoms with Gasteiger partial charge in [-0.25, -0.2) is 4.98 Å². The molecule has 1 heterocycles. The lowest BCUT2D eigenvalue weighted by atomic mass is 10.2. The number of aromatic nitrogens is 2. The Bertz CT molecular complexity index is 894. The van der Waals surface area contributed by atoms with E-state index in [1.165, 1.54) is 11.8 Å². The summed E-state index contributed by atoms with van der Waals surface area (Å²) >= 11 is 7.51. The van der Waals surface area contributed by atoms with E-state index in [2.05, 4.69) is 23.3 Å². The molecule has 0 spiro atoms. The molecule has 25 heavy (non-hydrogen) atoms. The molecule has 3 aromatic rings. The summed E-state index contributed by atoms with van der Waals surface area (Å²) in [5, 5.41) is 3.84. The fraction of sp³-hybridized carbons (Fsp3) is 0.158. The molecule has 128 valence electrons. The van der Waals surface area contributed by atoms with Crippen LogP contribution in [0.25, 0.3) is 5.69 Å². The Hall–Kier alpha value is -2.24. The third kappa shape index (κ3) is 4.06. The number of rotatable bonds is 5. The molecule has 1 N–H and O–H groups in total. The van der Waals surface area contributed by atoms with Gasteiger partial charge >= 0.3 is 0 Å². The quantitative estimate of drug-likeness (QED) is 0.645. The Balaban J connectivity index is 1.75. The third-order valence-corrected chi connectivity index (χ3v) is 5.18. The molecule has 0 saturated carbocycles. The van der Waals surface area contributed by atoms with E-state index < -0.39 is 0 Å². The van der Waals surface area contributed by atoms with E-state index in [9.17, 15) is 4.79 Å². The molecule has 2 aromatic carbocycles. The second-order valence-corrected chi connectivity index (χ2v) is 7.31. The lowest BCUT2D eigenvalue weighted by Crippen LogP contribution is -2.23. The monoisotopic (exact) mass is 371 g/mol. The molecule has 4 nitrogen and oxygen atoms in total. The highest BCUT2D eigenvalue weighted by molar-refractivity contribution is 8.00. The number of nitrogens with zero attached hydrogens (tertiary/aromatic N) is 2. The number of carbonyl (C=O) groups is 1. The van der Waals surface area contributed by atoms with Crippen LogP contribution in [0.2, 0.25) is 5.02 Å². The minimum Gasteiger partial charge on any atom is -0.324 e. The van der Waals surface area contributed by atoms with Gasteiger partial charge in [-0.15, -0.1) is 0 Å². The number of aryl methyl sites for hydroxylation is 1. The van der Waals surface area contributed by atoms with Gasteiger partial charge in [-0.2, -0.15) is 0 Å². The van der Waals surface area contributed by atoms with E-state index in [0.29, 0.717) is 10.7 Å². The minimum absolute atomic E-state index is 0.113. The zero-order valence-electron chi connectivity index (χ0n) is 13.9. The molecule has 1 atom stereocenters. The molecule has 1 amide bonds. The van der Waals surface area contributed by atoms with Crippen molar-refractivity contribution in [1.82, 2.24) is 9.55 Å². The van der Waals surface area contributed by atoms with E-state index in [1.54, 1.807) is 18.3 Å². The minimum atomic E-state index is -0.318. The number of hydrogen-bond acceptors (Lipinski definition) is 3.